The maximum atomic E-state index is 15.0. The van der Waals surface area contributed by atoms with Gasteiger partial charge in [0.05, 0.1) is 24.9 Å². The molecule has 0 N–H and O–H groups in total. The van der Waals surface area contributed by atoms with Crippen LogP contribution in [0.5, 0.6) is 0 Å². The number of sulfone groups is 1. The van der Waals surface area contributed by atoms with Crippen molar-refractivity contribution < 1.29 is 22.3 Å². The fourth-order valence-corrected chi connectivity index (χ4v) is 5.93. The van der Waals surface area contributed by atoms with Crippen LogP contribution in [0, 0.1) is 5.82 Å². The molecular weight excluding hydrogens is 523 g/mol. The van der Waals surface area contributed by atoms with E-state index in [0.717, 1.165) is 36.6 Å². The van der Waals surface area contributed by atoms with Crippen molar-refractivity contribution in [2.75, 3.05) is 37.5 Å². The maximum Gasteiger partial charge on any atom is 0.195 e. The number of hydrogen-bond donors (Lipinski definition) is 0. The highest BCUT2D eigenvalue weighted by Crippen LogP contribution is 2.37. The number of aromatic nitrogens is 5. The average molecular weight is 553 g/mol. The van der Waals surface area contributed by atoms with E-state index in [1.807, 2.05) is 22.9 Å². The van der Waals surface area contributed by atoms with Crippen molar-refractivity contribution in [1.29, 1.82) is 0 Å². The van der Waals surface area contributed by atoms with Gasteiger partial charge in [0.15, 0.2) is 26.9 Å². The minimum atomic E-state index is -3.81. The van der Waals surface area contributed by atoms with E-state index in [1.165, 1.54) is 12.3 Å². The van der Waals surface area contributed by atoms with Crippen LogP contribution in [-0.4, -0.2) is 71.8 Å². The Balaban J connectivity index is 1.57. The molecule has 2 aliphatic heterocycles. The predicted molar refractivity (Wildman–Crippen MR) is 144 cm³/mol. The lowest BCUT2D eigenvalue weighted by Crippen LogP contribution is -2.44. The summed E-state index contributed by atoms with van der Waals surface area (Å²) in [7, 11) is -3.81. The maximum absolute atomic E-state index is 15.0. The summed E-state index contributed by atoms with van der Waals surface area (Å²) in [5.74, 6) is -0.210. The van der Waals surface area contributed by atoms with Crippen molar-refractivity contribution in [2.45, 2.75) is 43.5 Å². The van der Waals surface area contributed by atoms with E-state index in [9.17, 15) is 12.8 Å². The summed E-state index contributed by atoms with van der Waals surface area (Å²) in [6.45, 7) is 4.50. The first kappa shape index (κ1) is 25.8. The van der Waals surface area contributed by atoms with Gasteiger partial charge in [0.2, 0.25) is 0 Å². The molecule has 0 spiro atoms. The molecule has 1 unspecified atom stereocenters. The lowest BCUT2D eigenvalue weighted by atomic mass is 10.0. The van der Waals surface area contributed by atoms with Gasteiger partial charge in [0, 0.05) is 48.9 Å². The van der Waals surface area contributed by atoms with E-state index in [-0.39, 0.29) is 12.3 Å². The Labute approximate surface area is 225 Å². The molecule has 6 rings (SSSR count). The van der Waals surface area contributed by atoms with Gasteiger partial charge in [0.1, 0.15) is 17.0 Å². The SMILES string of the molecule is C[C@@H]1COCCN1c1cc(-c2cnc(S(C)(=O)=O)c(F)c2)c2ccnc(-c3ccnn3C3CCCCO3)c2n1. The molecule has 2 fully saturated rings. The zero-order chi connectivity index (χ0) is 27.1. The molecule has 0 amide bonds. The number of pyridine rings is 3. The van der Waals surface area contributed by atoms with E-state index >= 15 is 0 Å². The zero-order valence-corrected chi connectivity index (χ0v) is 22.6. The van der Waals surface area contributed by atoms with E-state index in [4.69, 9.17) is 19.4 Å². The Morgan fingerprint density at radius 2 is 1.97 bits per heavy atom. The van der Waals surface area contributed by atoms with Gasteiger partial charge in [-0.1, -0.05) is 0 Å². The van der Waals surface area contributed by atoms with Crippen molar-refractivity contribution >= 4 is 26.6 Å². The van der Waals surface area contributed by atoms with E-state index < -0.39 is 20.7 Å². The third-order valence-electron chi connectivity index (χ3n) is 7.19. The topological polar surface area (TPSA) is 112 Å². The lowest BCUT2D eigenvalue weighted by molar-refractivity contribution is -0.0383. The van der Waals surface area contributed by atoms with Gasteiger partial charge in [-0.2, -0.15) is 5.10 Å². The second-order valence-corrected chi connectivity index (χ2v) is 11.9. The number of halogens is 1. The van der Waals surface area contributed by atoms with Crippen molar-refractivity contribution in [2.24, 2.45) is 0 Å². The summed E-state index contributed by atoms with van der Waals surface area (Å²) in [6, 6.07) is 6.90. The average Bonchev–Trinajstić information content (AvgIpc) is 3.42. The molecule has 0 bridgehead atoms. The number of rotatable bonds is 5. The molecule has 6 heterocycles. The van der Waals surface area contributed by atoms with Crippen LogP contribution in [0.1, 0.15) is 32.4 Å². The molecule has 0 aliphatic carbocycles. The number of nitrogens with zero attached hydrogens (tertiary/aromatic N) is 6. The third kappa shape index (κ3) is 4.88. The van der Waals surface area contributed by atoms with E-state index in [2.05, 4.69) is 21.9 Å². The quantitative estimate of drug-likeness (QED) is 0.362. The van der Waals surface area contributed by atoms with Gasteiger partial charge >= 0.3 is 0 Å². The molecule has 4 aromatic heterocycles. The lowest BCUT2D eigenvalue weighted by Gasteiger charge is -2.34. The van der Waals surface area contributed by atoms with Gasteiger partial charge in [-0.3, -0.25) is 4.98 Å². The third-order valence-corrected chi connectivity index (χ3v) is 8.19. The first-order valence-electron chi connectivity index (χ1n) is 13.0. The normalized spacial score (nSPS) is 20.4. The summed E-state index contributed by atoms with van der Waals surface area (Å²) < 4.78 is 52.5. The smallest absolute Gasteiger partial charge is 0.195 e. The number of anilines is 1. The van der Waals surface area contributed by atoms with Crippen LogP contribution in [0.3, 0.4) is 0 Å². The molecule has 10 nitrogen and oxygen atoms in total. The van der Waals surface area contributed by atoms with Gasteiger partial charge in [0.25, 0.3) is 0 Å². The van der Waals surface area contributed by atoms with Gasteiger partial charge < -0.3 is 14.4 Å². The van der Waals surface area contributed by atoms with Crippen LogP contribution in [-0.2, 0) is 19.3 Å². The molecule has 2 aliphatic rings. The predicted octanol–water partition coefficient (Wildman–Crippen LogP) is 4.02. The highest BCUT2D eigenvalue weighted by atomic mass is 32.2. The van der Waals surface area contributed by atoms with Crippen molar-refractivity contribution in [3.63, 3.8) is 0 Å². The molecule has 2 saturated heterocycles. The van der Waals surface area contributed by atoms with Crippen LogP contribution >= 0.6 is 0 Å². The second kappa shape index (κ2) is 10.2. The molecule has 2 atom stereocenters. The molecule has 0 saturated carbocycles. The largest absolute Gasteiger partial charge is 0.377 e. The summed E-state index contributed by atoms with van der Waals surface area (Å²) in [5.41, 5.74) is 3.13. The first-order chi connectivity index (χ1) is 18.8. The Morgan fingerprint density at radius 1 is 1.10 bits per heavy atom. The second-order valence-electron chi connectivity index (χ2n) is 9.97. The highest BCUT2D eigenvalue weighted by molar-refractivity contribution is 7.90. The summed E-state index contributed by atoms with van der Waals surface area (Å²) in [6.07, 6.45) is 8.48. The molecule has 0 radical (unpaired) electrons. The fourth-order valence-electron chi connectivity index (χ4n) is 5.27. The number of morpholine rings is 1. The molecular formula is C27H29FN6O4S. The monoisotopic (exact) mass is 552 g/mol. The van der Waals surface area contributed by atoms with Crippen LogP contribution in [0.4, 0.5) is 10.2 Å². The van der Waals surface area contributed by atoms with Crippen LogP contribution in [0.15, 0.2) is 47.9 Å². The van der Waals surface area contributed by atoms with Crippen LogP contribution < -0.4 is 4.90 Å². The molecule has 4 aromatic rings. The molecule has 12 heteroatoms. The highest BCUT2D eigenvalue weighted by Gasteiger charge is 2.26. The number of fused-ring (bicyclic) bond motifs is 1. The standard InChI is InChI=1S/C27H29FN6O4S/c1-17-16-37-12-10-33(17)23-14-20(18-13-21(28)27(30-15-18)39(2,35)36)19-6-8-29-26(25(19)32-23)22-7-9-31-34(22)24-5-3-4-11-38-24/h6-9,13-15,17,24H,3-5,10-12,16H2,1-2H3/t17-,24?/m1/s1. The minimum absolute atomic E-state index is 0.0697. The number of hydrogen-bond acceptors (Lipinski definition) is 9. The van der Waals surface area contributed by atoms with Crippen LogP contribution in [0.2, 0.25) is 0 Å². The summed E-state index contributed by atoms with van der Waals surface area (Å²) in [4.78, 5) is 15.9. The first-order valence-corrected chi connectivity index (χ1v) is 14.9. The van der Waals surface area contributed by atoms with Gasteiger partial charge in [-0.15, -0.1) is 0 Å². The van der Waals surface area contributed by atoms with Crippen molar-refractivity contribution in [3.8, 4) is 22.5 Å². The minimum Gasteiger partial charge on any atom is -0.377 e. The number of ether oxygens (including phenoxy) is 2. The van der Waals surface area contributed by atoms with Crippen LogP contribution in [0.25, 0.3) is 33.4 Å². The van der Waals surface area contributed by atoms with Crippen molar-refractivity contribution in [3.05, 3.63) is 48.7 Å². The molecule has 0 aromatic carbocycles. The van der Waals surface area contributed by atoms with Gasteiger partial charge in [-0.05, 0) is 56.0 Å². The summed E-state index contributed by atoms with van der Waals surface area (Å²) in [5, 5.41) is 4.71. The zero-order valence-electron chi connectivity index (χ0n) is 21.7. The Morgan fingerprint density at radius 3 is 2.72 bits per heavy atom. The Kier molecular flexibility index (Phi) is 6.77. The fraction of sp³-hybridized carbons (Fsp3) is 0.407. The summed E-state index contributed by atoms with van der Waals surface area (Å²) >= 11 is 0. The Hall–Kier alpha value is -3.48. The molecule has 204 valence electrons. The van der Waals surface area contributed by atoms with Crippen molar-refractivity contribution in [1.82, 2.24) is 24.7 Å². The van der Waals surface area contributed by atoms with E-state index in [0.29, 0.717) is 54.5 Å². The van der Waals surface area contributed by atoms with Gasteiger partial charge in [-0.25, -0.2) is 27.5 Å². The Bertz CT molecular complexity index is 1640. The van der Waals surface area contributed by atoms with E-state index in [1.54, 1.807) is 12.4 Å². The molecule has 39 heavy (non-hydrogen) atoms.